The Morgan fingerprint density at radius 3 is 2.70 bits per heavy atom. The second-order valence-electron chi connectivity index (χ2n) is 8.10. The molecule has 1 aromatic heterocycles. The quantitative estimate of drug-likeness (QED) is 0.364. The van der Waals surface area contributed by atoms with Gasteiger partial charge in [0.25, 0.3) is 0 Å². The molecule has 13 heteroatoms. The lowest BCUT2D eigenvalue weighted by Crippen LogP contribution is -2.35. The number of nitrogens with zero attached hydrogens (tertiary/aromatic N) is 3. The van der Waals surface area contributed by atoms with Crippen LogP contribution in [0.5, 0.6) is 0 Å². The third-order valence-corrected chi connectivity index (χ3v) is 7.47. The molecule has 0 unspecified atom stereocenters. The van der Waals surface area contributed by atoms with Crippen LogP contribution in [0.3, 0.4) is 0 Å². The number of nitrogens with one attached hydrogen (secondary N) is 3. The number of carbonyl (C=O) groups excluding carboxylic acids is 2. The summed E-state index contributed by atoms with van der Waals surface area (Å²) in [7, 11) is -1.11. The minimum absolute atomic E-state index is 0.0403. The number of aryl methyl sites for hydroxylation is 1. The van der Waals surface area contributed by atoms with E-state index in [9.17, 15) is 18.0 Å². The third kappa shape index (κ3) is 5.98. The van der Waals surface area contributed by atoms with Crippen molar-refractivity contribution >= 4 is 62.3 Å². The molecule has 0 bridgehead atoms. The summed E-state index contributed by atoms with van der Waals surface area (Å²) in [6, 6.07) is 11.8. The van der Waals surface area contributed by atoms with Gasteiger partial charge >= 0.3 is 5.97 Å². The smallest absolute Gasteiger partial charge is 0.325 e. The molecule has 11 nitrogen and oxygen atoms in total. The molecule has 4 rings (SSSR count). The first-order valence-electron chi connectivity index (χ1n) is 11.3. The van der Waals surface area contributed by atoms with Gasteiger partial charge in [-0.2, -0.15) is 4.98 Å². The van der Waals surface area contributed by atoms with Crippen molar-refractivity contribution in [1.82, 2.24) is 14.7 Å². The summed E-state index contributed by atoms with van der Waals surface area (Å²) < 4.78 is 31.8. The van der Waals surface area contributed by atoms with Crippen LogP contribution in [0.4, 0.5) is 28.8 Å². The Hall–Kier alpha value is -3.74. The highest BCUT2D eigenvalue weighted by Gasteiger charge is 2.25. The first-order valence-corrected chi connectivity index (χ1v) is 13.2. The van der Waals surface area contributed by atoms with Gasteiger partial charge in [-0.25, -0.2) is 18.1 Å². The molecule has 3 aromatic rings. The van der Waals surface area contributed by atoms with Gasteiger partial charge in [0.2, 0.25) is 21.9 Å². The van der Waals surface area contributed by atoms with E-state index in [1.165, 1.54) is 31.3 Å². The third-order valence-electron chi connectivity index (χ3n) is 5.72. The van der Waals surface area contributed by atoms with E-state index in [2.05, 4.69) is 25.3 Å². The molecule has 2 heterocycles. The SMILES string of the molecule is CNS(=O)(=O)c1ccccc1Nc1nc(Nc2ccc3c(c2)CCCC(=O)N3CC(=O)OC)ncc1Cl. The first kappa shape index (κ1) is 26.3. The molecule has 1 aliphatic heterocycles. The Labute approximate surface area is 219 Å². The fourth-order valence-electron chi connectivity index (χ4n) is 3.88. The van der Waals surface area contributed by atoms with E-state index < -0.39 is 16.0 Å². The summed E-state index contributed by atoms with van der Waals surface area (Å²) in [5, 5.41) is 6.28. The van der Waals surface area contributed by atoms with E-state index in [0.29, 0.717) is 36.3 Å². The van der Waals surface area contributed by atoms with Crippen LogP contribution in [-0.2, 0) is 30.8 Å². The van der Waals surface area contributed by atoms with Crippen LogP contribution < -0.4 is 20.3 Å². The van der Waals surface area contributed by atoms with Gasteiger partial charge in [-0.3, -0.25) is 9.59 Å². The zero-order valence-electron chi connectivity index (χ0n) is 20.1. The highest BCUT2D eigenvalue weighted by molar-refractivity contribution is 7.89. The number of fused-ring (bicyclic) bond motifs is 1. The van der Waals surface area contributed by atoms with E-state index in [0.717, 1.165) is 5.56 Å². The number of esters is 1. The predicted molar refractivity (Wildman–Crippen MR) is 140 cm³/mol. The van der Waals surface area contributed by atoms with E-state index >= 15 is 0 Å². The lowest BCUT2D eigenvalue weighted by molar-refractivity contribution is -0.140. The van der Waals surface area contributed by atoms with Crippen molar-refractivity contribution in [3.63, 3.8) is 0 Å². The molecule has 0 aliphatic carbocycles. The Kier molecular flexibility index (Phi) is 7.91. The summed E-state index contributed by atoms with van der Waals surface area (Å²) in [5.74, 6) is -0.205. The molecule has 3 N–H and O–H groups in total. The van der Waals surface area contributed by atoms with Crippen LogP contribution in [0.2, 0.25) is 5.02 Å². The fourth-order valence-corrected chi connectivity index (χ4v) is 4.90. The lowest BCUT2D eigenvalue weighted by Gasteiger charge is -2.22. The number of benzene rings is 2. The average Bonchev–Trinajstić information content (AvgIpc) is 3.04. The number of hydrogen-bond acceptors (Lipinski definition) is 9. The zero-order valence-corrected chi connectivity index (χ0v) is 21.7. The molecule has 2 aromatic carbocycles. The van der Waals surface area contributed by atoms with E-state index in [1.54, 1.807) is 30.3 Å². The van der Waals surface area contributed by atoms with Crippen LogP contribution in [-0.4, -0.2) is 51.0 Å². The summed E-state index contributed by atoms with van der Waals surface area (Å²) in [6.07, 6.45) is 3.02. The number of sulfonamides is 1. The van der Waals surface area contributed by atoms with Crippen LogP contribution in [0.25, 0.3) is 0 Å². The molecule has 0 spiro atoms. The van der Waals surface area contributed by atoms with E-state index in [-0.39, 0.29) is 34.1 Å². The number of methoxy groups -OCH3 is 1. The number of halogens is 1. The van der Waals surface area contributed by atoms with Crippen molar-refractivity contribution < 1.29 is 22.7 Å². The number of aromatic nitrogens is 2. The van der Waals surface area contributed by atoms with Crippen molar-refractivity contribution in [2.24, 2.45) is 0 Å². The highest BCUT2D eigenvalue weighted by Crippen LogP contribution is 2.32. The number of carbonyl (C=O) groups is 2. The van der Waals surface area contributed by atoms with Gasteiger partial charge in [0.1, 0.15) is 16.5 Å². The standard InChI is InChI=1S/C24H25ClN6O5S/c1-26-37(34,35)20-8-4-3-7-18(20)29-23-17(25)13-27-24(30-23)28-16-10-11-19-15(12-16)6-5-9-21(32)31(19)14-22(33)36-2/h3-4,7-8,10-13,26H,5-6,9,14H2,1-2H3,(H2,27,28,29,30). The van der Waals surface area contributed by atoms with Crippen LogP contribution >= 0.6 is 11.6 Å². The van der Waals surface area contributed by atoms with Crippen molar-refractivity contribution in [3.8, 4) is 0 Å². The van der Waals surface area contributed by atoms with Gasteiger partial charge in [0, 0.05) is 17.8 Å². The highest BCUT2D eigenvalue weighted by atomic mass is 35.5. The molecule has 0 atom stereocenters. The Morgan fingerprint density at radius 2 is 1.95 bits per heavy atom. The Bertz CT molecular complexity index is 1450. The Balaban J connectivity index is 1.60. The summed E-state index contributed by atoms with van der Waals surface area (Å²) in [6.45, 7) is -0.158. The van der Waals surface area contributed by atoms with Crippen LogP contribution in [0, 0.1) is 0 Å². The second-order valence-corrected chi connectivity index (χ2v) is 10.4. The maximum Gasteiger partial charge on any atom is 0.325 e. The van der Waals surface area contributed by atoms with E-state index in [4.69, 9.17) is 16.3 Å². The predicted octanol–water partition coefficient (Wildman–Crippen LogP) is 3.37. The zero-order chi connectivity index (χ0) is 26.6. The Morgan fingerprint density at radius 1 is 1.16 bits per heavy atom. The number of rotatable bonds is 8. The number of anilines is 5. The molecule has 37 heavy (non-hydrogen) atoms. The summed E-state index contributed by atoms with van der Waals surface area (Å²) >= 11 is 6.29. The van der Waals surface area contributed by atoms with Crippen LogP contribution in [0.1, 0.15) is 18.4 Å². The second kappa shape index (κ2) is 11.1. The van der Waals surface area contributed by atoms with Crippen molar-refractivity contribution in [1.29, 1.82) is 0 Å². The number of para-hydroxylation sites is 1. The van der Waals surface area contributed by atoms with Gasteiger partial charge < -0.3 is 20.3 Å². The topological polar surface area (TPSA) is 143 Å². The minimum Gasteiger partial charge on any atom is -0.468 e. The van der Waals surface area contributed by atoms with Crippen LogP contribution in [0.15, 0.2) is 53.6 Å². The molecule has 0 radical (unpaired) electrons. The molecule has 0 fully saturated rings. The van der Waals surface area contributed by atoms with Gasteiger partial charge in [-0.05, 0) is 55.8 Å². The number of hydrogen-bond donors (Lipinski definition) is 3. The van der Waals surface area contributed by atoms with Crippen molar-refractivity contribution in [2.75, 3.05) is 36.2 Å². The molecular weight excluding hydrogens is 520 g/mol. The molecule has 194 valence electrons. The van der Waals surface area contributed by atoms with Crippen molar-refractivity contribution in [3.05, 3.63) is 59.2 Å². The van der Waals surface area contributed by atoms with Gasteiger partial charge in [0.15, 0.2) is 5.82 Å². The summed E-state index contributed by atoms with van der Waals surface area (Å²) in [4.78, 5) is 34.5. The maximum atomic E-state index is 12.6. The van der Waals surface area contributed by atoms with Crippen molar-refractivity contribution in [2.45, 2.75) is 24.2 Å². The fraction of sp³-hybridized carbons (Fsp3) is 0.250. The first-order chi connectivity index (χ1) is 17.7. The van der Waals surface area contributed by atoms with Gasteiger partial charge in [-0.15, -0.1) is 0 Å². The number of amides is 1. The molecule has 1 aliphatic rings. The maximum absolute atomic E-state index is 12.6. The molecule has 0 saturated carbocycles. The average molecular weight is 545 g/mol. The largest absolute Gasteiger partial charge is 0.468 e. The minimum atomic E-state index is -3.72. The normalized spacial score (nSPS) is 13.5. The molecule has 1 amide bonds. The van der Waals surface area contributed by atoms with Gasteiger partial charge in [0.05, 0.1) is 19.0 Å². The monoisotopic (exact) mass is 544 g/mol. The molecule has 0 saturated heterocycles. The summed E-state index contributed by atoms with van der Waals surface area (Å²) in [5.41, 5.74) is 2.50. The lowest BCUT2D eigenvalue weighted by atomic mass is 10.1. The molecular formula is C24H25ClN6O5S. The van der Waals surface area contributed by atoms with Gasteiger partial charge in [-0.1, -0.05) is 23.7 Å². The van der Waals surface area contributed by atoms with E-state index in [1.807, 2.05) is 6.07 Å². The number of ether oxygens (including phenoxy) is 1.